The van der Waals surface area contributed by atoms with Gasteiger partial charge in [-0.2, -0.15) is 0 Å². The van der Waals surface area contributed by atoms with Crippen molar-refractivity contribution in [3.63, 3.8) is 0 Å². The van der Waals surface area contributed by atoms with Crippen molar-refractivity contribution in [2.45, 2.75) is 50.7 Å². The summed E-state index contributed by atoms with van der Waals surface area (Å²) in [6.45, 7) is 0. The Kier molecular flexibility index (Phi) is 4.67. The maximum Gasteiger partial charge on any atom is 0.120 e. The summed E-state index contributed by atoms with van der Waals surface area (Å²) in [4.78, 5) is 6.35. The van der Waals surface area contributed by atoms with E-state index in [1.54, 1.807) is 17.4 Å². The second kappa shape index (κ2) is 7.08. The SMILES string of the molecule is Oc1ccccc1C1CC(c2cccs2)=NC(C2CCCCC2)N1. The smallest absolute Gasteiger partial charge is 0.120 e. The highest BCUT2D eigenvalue weighted by atomic mass is 32.1. The molecule has 24 heavy (non-hydrogen) atoms. The van der Waals surface area contributed by atoms with Crippen LogP contribution in [0, 0.1) is 5.92 Å². The van der Waals surface area contributed by atoms with Crippen LogP contribution < -0.4 is 5.32 Å². The van der Waals surface area contributed by atoms with E-state index in [1.165, 1.54) is 42.7 Å². The molecule has 2 heterocycles. The molecule has 1 aliphatic carbocycles. The van der Waals surface area contributed by atoms with Crippen LogP contribution in [-0.4, -0.2) is 17.0 Å². The molecule has 126 valence electrons. The van der Waals surface area contributed by atoms with Gasteiger partial charge in [0.05, 0.1) is 5.71 Å². The summed E-state index contributed by atoms with van der Waals surface area (Å²) in [5.41, 5.74) is 2.18. The summed E-state index contributed by atoms with van der Waals surface area (Å²) in [5, 5.41) is 16.1. The van der Waals surface area contributed by atoms with Gasteiger partial charge in [-0.05, 0) is 36.3 Å². The molecule has 4 heteroatoms. The molecule has 2 aromatic rings. The van der Waals surface area contributed by atoms with Crippen LogP contribution in [0.4, 0.5) is 0 Å². The topological polar surface area (TPSA) is 44.6 Å². The largest absolute Gasteiger partial charge is 0.508 e. The first-order valence-electron chi connectivity index (χ1n) is 8.96. The summed E-state index contributed by atoms with van der Waals surface area (Å²) in [6, 6.07) is 12.1. The molecule has 2 N–H and O–H groups in total. The molecule has 2 atom stereocenters. The molecule has 0 spiro atoms. The number of aromatic hydroxyl groups is 1. The number of nitrogens with zero attached hydrogens (tertiary/aromatic N) is 1. The van der Waals surface area contributed by atoms with Crippen molar-refractivity contribution >= 4 is 17.0 Å². The summed E-state index contributed by atoms with van der Waals surface area (Å²) in [5.74, 6) is 0.993. The standard InChI is InChI=1S/C20H24N2OS/c23-18-10-5-4-9-15(18)16-13-17(19-11-6-12-24-19)22-20(21-16)14-7-2-1-3-8-14/h4-6,9-12,14,16,20-21,23H,1-3,7-8,13H2. The summed E-state index contributed by atoms with van der Waals surface area (Å²) < 4.78 is 0. The van der Waals surface area contributed by atoms with Gasteiger partial charge in [-0.3, -0.25) is 10.3 Å². The molecule has 2 aliphatic rings. The molecule has 1 saturated carbocycles. The van der Waals surface area contributed by atoms with Crippen molar-refractivity contribution in [2.75, 3.05) is 0 Å². The highest BCUT2D eigenvalue weighted by Crippen LogP contribution is 2.35. The first-order valence-corrected chi connectivity index (χ1v) is 9.84. The molecule has 1 aromatic heterocycles. The second-order valence-electron chi connectivity index (χ2n) is 6.88. The fourth-order valence-corrected chi connectivity index (χ4v) is 4.73. The van der Waals surface area contributed by atoms with Crippen molar-refractivity contribution in [3.8, 4) is 5.75 Å². The lowest BCUT2D eigenvalue weighted by atomic mass is 9.85. The number of hydrogen-bond donors (Lipinski definition) is 2. The third-order valence-corrected chi connectivity index (χ3v) is 6.20. The number of rotatable bonds is 3. The molecular weight excluding hydrogens is 316 g/mol. The summed E-state index contributed by atoms with van der Waals surface area (Å²) in [6.07, 6.45) is 7.50. The Morgan fingerprint density at radius 2 is 1.88 bits per heavy atom. The fraction of sp³-hybridized carbons (Fsp3) is 0.450. The molecule has 2 unspecified atom stereocenters. The van der Waals surface area contributed by atoms with E-state index < -0.39 is 0 Å². The Hall–Kier alpha value is -1.65. The first-order chi connectivity index (χ1) is 11.8. The Morgan fingerprint density at radius 1 is 1.04 bits per heavy atom. The number of nitrogens with one attached hydrogen (secondary N) is 1. The summed E-state index contributed by atoms with van der Waals surface area (Å²) in [7, 11) is 0. The molecule has 1 fully saturated rings. The zero-order valence-corrected chi connectivity index (χ0v) is 14.6. The van der Waals surface area contributed by atoms with Crippen LogP contribution >= 0.6 is 11.3 Å². The van der Waals surface area contributed by atoms with Gasteiger partial charge in [-0.25, -0.2) is 0 Å². The molecule has 1 aliphatic heterocycles. The van der Waals surface area contributed by atoms with Gasteiger partial charge in [0.15, 0.2) is 0 Å². The average molecular weight is 340 g/mol. The molecule has 3 nitrogen and oxygen atoms in total. The minimum Gasteiger partial charge on any atom is -0.508 e. The Bertz CT molecular complexity index is 704. The number of para-hydroxylation sites is 1. The van der Waals surface area contributed by atoms with Crippen LogP contribution in [-0.2, 0) is 0 Å². The van der Waals surface area contributed by atoms with Crippen LogP contribution in [0.15, 0.2) is 46.8 Å². The average Bonchev–Trinajstić information content (AvgIpc) is 3.17. The molecule has 0 saturated heterocycles. The highest BCUT2D eigenvalue weighted by Gasteiger charge is 2.32. The minimum atomic E-state index is 0.132. The maximum atomic E-state index is 10.3. The van der Waals surface area contributed by atoms with Gasteiger partial charge in [0.1, 0.15) is 11.9 Å². The lowest BCUT2D eigenvalue weighted by molar-refractivity contribution is 0.249. The van der Waals surface area contributed by atoms with Crippen molar-refractivity contribution in [1.29, 1.82) is 0 Å². The molecule has 1 aromatic carbocycles. The molecule has 0 amide bonds. The summed E-state index contributed by atoms with van der Waals surface area (Å²) >= 11 is 1.76. The maximum absolute atomic E-state index is 10.3. The van der Waals surface area contributed by atoms with Gasteiger partial charge in [0, 0.05) is 22.9 Å². The Balaban J connectivity index is 1.65. The van der Waals surface area contributed by atoms with Crippen LogP contribution in [0.1, 0.15) is 55.0 Å². The number of hydrogen-bond acceptors (Lipinski definition) is 4. The number of phenols is 1. The van der Waals surface area contributed by atoms with E-state index >= 15 is 0 Å². The van der Waals surface area contributed by atoms with Gasteiger partial charge in [-0.15, -0.1) is 11.3 Å². The van der Waals surface area contributed by atoms with Crippen molar-refractivity contribution in [2.24, 2.45) is 10.9 Å². The Labute approximate surface area is 147 Å². The third kappa shape index (κ3) is 3.26. The van der Waals surface area contributed by atoms with E-state index in [4.69, 9.17) is 4.99 Å². The fourth-order valence-electron chi connectivity index (χ4n) is 4.00. The van der Waals surface area contributed by atoms with E-state index in [1.807, 2.05) is 18.2 Å². The van der Waals surface area contributed by atoms with Gasteiger partial charge in [-0.1, -0.05) is 43.5 Å². The third-order valence-electron chi connectivity index (χ3n) is 5.28. The number of thiophene rings is 1. The van der Waals surface area contributed by atoms with Gasteiger partial charge in [0.25, 0.3) is 0 Å². The number of phenolic OH excluding ortho intramolecular Hbond substituents is 1. The highest BCUT2D eigenvalue weighted by molar-refractivity contribution is 7.12. The lowest BCUT2D eigenvalue weighted by Crippen LogP contribution is -2.43. The van der Waals surface area contributed by atoms with E-state index in [-0.39, 0.29) is 12.2 Å². The molecule has 0 radical (unpaired) electrons. The van der Waals surface area contributed by atoms with Gasteiger partial charge >= 0.3 is 0 Å². The van der Waals surface area contributed by atoms with E-state index in [0.717, 1.165) is 12.0 Å². The first kappa shape index (κ1) is 15.9. The van der Waals surface area contributed by atoms with Crippen LogP contribution in [0.2, 0.25) is 0 Å². The van der Waals surface area contributed by atoms with Crippen molar-refractivity contribution in [3.05, 3.63) is 52.2 Å². The lowest BCUT2D eigenvalue weighted by Gasteiger charge is -2.36. The van der Waals surface area contributed by atoms with Crippen LogP contribution in [0.5, 0.6) is 5.75 Å². The minimum absolute atomic E-state index is 0.132. The number of aliphatic imine (C=N–C) groups is 1. The second-order valence-corrected chi connectivity index (χ2v) is 7.83. The van der Waals surface area contributed by atoms with E-state index in [0.29, 0.717) is 11.7 Å². The zero-order valence-electron chi connectivity index (χ0n) is 13.8. The van der Waals surface area contributed by atoms with E-state index in [9.17, 15) is 5.11 Å². The monoisotopic (exact) mass is 340 g/mol. The van der Waals surface area contributed by atoms with Crippen LogP contribution in [0.25, 0.3) is 0 Å². The quantitative estimate of drug-likeness (QED) is 0.836. The predicted molar refractivity (Wildman–Crippen MR) is 99.8 cm³/mol. The van der Waals surface area contributed by atoms with Crippen molar-refractivity contribution in [1.82, 2.24) is 5.32 Å². The van der Waals surface area contributed by atoms with Crippen molar-refractivity contribution < 1.29 is 5.11 Å². The van der Waals surface area contributed by atoms with Crippen LogP contribution in [0.3, 0.4) is 0 Å². The Morgan fingerprint density at radius 3 is 2.62 bits per heavy atom. The van der Waals surface area contributed by atoms with Gasteiger partial charge < -0.3 is 5.11 Å². The van der Waals surface area contributed by atoms with E-state index in [2.05, 4.69) is 22.8 Å². The molecule has 4 rings (SSSR count). The number of benzene rings is 1. The molecule has 0 bridgehead atoms. The molecular formula is C20H24N2OS. The van der Waals surface area contributed by atoms with Gasteiger partial charge in [0.2, 0.25) is 0 Å². The normalized spacial score (nSPS) is 25.4. The predicted octanol–water partition coefficient (Wildman–Crippen LogP) is 4.88. The zero-order chi connectivity index (χ0) is 16.4.